The predicted molar refractivity (Wildman–Crippen MR) is 58.0 cm³/mol. The first kappa shape index (κ1) is 12.4. The normalized spacial score (nSPS) is 13.5. The molecule has 74 valence electrons. The van der Waals surface area contributed by atoms with Crippen molar-refractivity contribution in [2.75, 3.05) is 0 Å². The Hall–Kier alpha value is 0.354. The Labute approximate surface area is 78.3 Å². The Morgan fingerprint density at radius 3 is 1.42 bits per heavy atom. The first-order chi connectivity index (χ1) is 5.39. The Kier molecular flexibility index (Phi) is 4.69. The zero-order valence-corrected chi connectivity index (χ0v) is 11.0. The fourth-order valence-corrected chi connectivity index (χ4v) is 8.97. The number of hydrogen-bond donors (Lipinski definition) is 1. The molecule has 0 amide bonds. The summed E-state index contributed by atoms with van der Waals surface area (Å²) in [4.78, 5) is 9.70. The zero-order chi connectivity index (χ0) is 9.83. The molecule has 0 fully saturated rings. The molecule has 0 heterocycles. The van der Waals surface area contributed by atoms with Crippen molar-refractivity contribution in [1.29, 1.82) is 0 Å². The van der Waals surface area contributed by atoms with Gasteiger partial charge in [0.1, 0.15) is 0 Å². The quantitative estimate of drug-likeness (QED) is 0.701. The van der Waals surface area contributed by atoms with E-state index in [2.05, 4.69) is 20.8 Å². The van der Waals surface area contributed by atoms with Gasteiger partial charge in [0.25, 0.3) is 0 Å². The lowest BCUT2D eigenvalue weighted by Gasteiger charge is -2.33. The van der Waals surface area contributed by atoms with E-state index < -0.39 is 16.9 Å². The van der Waals surface area contributed by atoms with Gasteiger partial charge in [0, 0.05) is 0 Å². The third-order valence-electron chi connectivity index (χ3n) is 2.40. The molecule has 12 heavy (non-hydrogen) atoms. The van der Waals surface area contributed by atoms with E-state index in [1.165, 1.54) is 0 Å². The smallest absolute Gasteiger partial charge is 0.318 e. The molecule has 0 aliphatic rings. The van der Waals surface area contributed by atoms with E-state index in [1.54, 1.807) is 0 Å². The highest BCUT2D eigenvalue weighted by atomic mass is 28.4. The van der Waals surface area contributed by atoms with E-state index in [0.717, 1.165) is 18.1 Å². The van der Waals surface area contributed by atoms with Crippen LogP contribution in [0.2, 0.25) is 31.2 Å². The molecule has 0 aliphatic heterocycles. The second kappa shape index (κ2) is 4.55. The van der Waals surface area contributed by atoms with Gasteiger partial charge in [-0.2, -0.15) is 0 Å². The van der Waals surface area contributed by atoms with Gasteiger partial charge < -0.3 is 8.91 Å². The molecule has 0 aliphatic carbocycles. The van der Waals surface area contributed by atoms with Crippen LogP contribution in [0.15, 0.2) is 0 Å². The van der Waals surface area contributed by atoms with Crippen LogP contribution in [0.3, 0.4) is 0 Å². The maximum absolute atomic E-state index is 9.70. The Bertz CT molecular complexity index is 119. The van der Waals surface area contributed by atoms with Crippen molar-refractivity contribution in [2.45, 2.75) is 52.0 Å². The molecule has 2 nitrogen and oxygen atoms in total. The lowest BCUT2D eigenvalue weighted by atomic mass is 10.9. The molecule has 0 spiro atoms. The van der Waals surface area contributed by atoms with E-state index in [0.29, 0.717) is 0 Å². The predicted octanol–water partition coefficient (Wildman–Crippen LogP) is 2.70. The molecule has 0 rings (SSSR count). The van der Waals surface area contributed by atoms with Crippen molar-refractivity contribution in [3.05, 3.63) is 0 Å². The molecule has 0 saturated heterocycles. The van der Waals surface area contributed by atoms with Gasteiger partial charge in [0.2, 0.25) is 0 Å². The topological polar surface area (TPSA) is 29.5 Å². The van der Waals surface area contributed by atoms with Crippen molar-refractivity contribution >= 4 is 16.9 Å². The summed E-state index contributed by atoms with van der Waals surface area (Å²) < 4.78 is 5.91. The van der Waals surface area contributed by atoms with Gasteiger partial charge >= 0.3 is 8.56 Å². The van der Waals surface area contributed by atoms with Crippen LogP contribution in [0.4, 0.5) is 0 Å². The maximum Gasteiger partial charge on any atom is 0.318 e. The molecular weight excluding hydrogens is 184 g/mol. The van der Waals surface area contributed by atoms with Crippen molar-refractivity contribution in [1.82, 2.24) is 0 Å². The van der Waals surface area contributed by atoms with Crippen LogP contribution >= 0.6 is 0 Å². The first-order valence-corrected chi connectivity index (χ1v) is 10.2. The van der Waals surface area contributed by atoms with E-state index in [4.69, 9.17) is 4.12 Å². The fourth-order valence-electron chi connectivity index (χ4n) is 1.50. The monoisotopic (exact) mass is 206 g/mol. The average Bonchev–Trinajstić information content (AvgIpc) is 1.99. The molecule has 0 atom stereocenters. The molecule has 0 aromatic rings. The molecule has 4 heteroatoms. The van der Waals surface area contributed by atoms with E-state index in [-0.39, 0.29) is 0 Å². The molecule has 0 saturated carbocycles. The van der Waals surface area contributed by atoms with Crippen LogP contribution in [0.5, 0.6) is 0 Å². The van der Waals surface area contributed by atoms with E-state index >= 15 is 0 Å². The summed E-state index contributed by atoms with van der Waals surface area (Å²) in [6, 6.07) is 3.37. The summed E-state index contributed by atoms with van der Waals surface area (Å²) in [6.45, 7) is 10.3. The highest BCUT2D eigenvalue weighted by Crippen LogP contribution is 2.24. The van der Waals surface area contributed by atoms with Crippen LogP contribution in [0, 0.1) is 0 Å². The minimum Gasteiger partial charge on any atom is -0.436 e. The van der Waals surface area contributed by atoms with Gasteiger partial charge in [-0.15, -0.1) is 0 Å². The molecule has 0 bridgehead atoms. The molecule has 0 aromatic heterocycles. The second-order valence-corrected chi connectivity index (χ2v) is 12.0. The number of hydrogen-bond acceptors (Lipinski definition) is 2. The van der Waals surface area contributed by atoms with Crippen LogP contribution < -0.4 is 0 Å². The van der Waals surface area contributed by atoms with E-state index in [1.807, 2.05) is 13.1 Å². The third-order valence-corrected chi connectivity index (χ3v) is 10.00. The summed E-state index contributed by atoms with van der Waals surface area (Å²) in [5, 5.41) is 0. The van der Waals surface area contributed by atoms with Crippen LogP contribution in [0.25, 0.3) is 0 Å². The molecule has 0 radical (unpaired) electrons. The fraction of sp³-hybridized carbons (Fsp3) is 1.00. The van der Waals surface area contributed by atoms with Crippen molar-refractivity contribution in [3.8, 4) is 0 Å². The van der Waals surface area contributed by atoms with Crippen LogP contribution in [-0.4, -0.2) is 21.7 Å². The van der Waals surface area contributed by atoms with Crippen molar-refractivity contribution in [2.24, 2.45) is 0 Å². The molecular formula is C8H22O2Si2. The molecule has 0 aromatic carbocycles. The maximum atomic E-state index is 9.70. The summed E-state index contributed by atoms with van der Waals surface area (Å²) in [6.07, 6.45) is 0. The van der Waals surface area contributed by atoms with Gasteiger partial charge in [-0.05, 0) is 31.2 Å². The average molecular weight is 206 g/mol. The zero-order valence-electron chi connectivity index (χ0n) is 8.98. The summed E-state index contributed by atoms with van der Waals surface area (Å²) in [5.74, 6) is 0. The van der Waals surface area contributed by atoms with Crippen LogP contribution in [-0.2, 0) is 4.12 Å². The van der Waals surface area contributed by atoms with Gasteiger partial charge in [-0.3, -0.25) is 0 Å². The van der Waals surface area contributed by atoms with Gasteiger partial charge in [-0.1, -0.05) is 20.8 Å². The highest BCUT2D eigenvalue weighted by molar-refractivity contribution is 6.83. The van der Waals surface area contributed by atoms with Gasteiger partial charge in [-0.25, -0.2) is 0 Å². The minimum absolute atomic E-state index is 1.12. The SMILES string of the molecule is CC[Si](CC)(CC)O[Si](C)(C)O. The first-order valence-electron chi connectivity index (χ1n) is 4.81. The lowest BCUT2D eigenvalue weighted by molar-refractivity contribution is 0.380. The Balaban J connectivity index is 4.30. The molecule has 0 unspecified atom stereocenters. The van der Waals surface area contributed by atoms with Crippen LogP contribution in [0.1, 0.15) is 20.8 Å². The Morgan fingerprint density at radius 1 is 1.00 bits per heavy atom. The number of rotatable bonds is 5. The minimum atomic E-state index is -2.29. The summed E-state index contributed by atoms with van der Waals surface area (Å²) >= 11 is 0. The Morgan fingerprint density at radius 2 is 1.33 bits per heavy atom. The third kappa shape index (κ3) is 3.84. The van der Waals surface area contributed by atoms with Gasteiger partial charge in [0.05, 0.1) is 0 Å². The van der Waals surface area contributed by atoms with Crippen molar-refractivity contribution in [3.63, 3.8) is 0 Å². The lowest BCUT2D eigenvalue weighted by Crippen LogP contribution is -2.47. The van der Waals surface area contributed by atoms with Crippen molar-refractivity contribution < 1.29 is 8.91 Å². The highest BCUT2D eigenvalue weighted by Gasteiger charge is 2.35. The largest absolute Gasteiger partial charge is 0.436 e. The summed E-state index contributed by atoms with van der Waals surface area (Å²) in [7, 11) is -3.83. The van der Waals surface area contributed by atoms with Gasteiger partial charge in [0.15, 0.2) is 8.32 Å². The second-order valence-electron chi connectivity index (χ2n) is 3.79. The van der Waals surface area contributed by atoms with E-state index in [9.17, 15) is 4.80 Å². The molecule has 1 N–H and O–H groups in total. The summed E-state index contributed by atoms with van der Waals surface area (Å²) in [5.41, 5.74) is 0. The standard InChI is InChI=1S/C8H22O2Si2/c1-6-12(7-2,8-3)10-11(4,5)9/h9H,6-8H2,1-5H3.